The number of aliphatic hydroxyl groups excluding tert-OH is 1. The minimum Gasteiger partial charge on any atom is -0.481 e. The van der Waals surface area contributed by atoms with E-state index in [1.165, 1.54) is 0 Å². The number of carboxylic acids is 1. The third-order valence-corrected chi connectivity index (χ3v) is 3.87. The lowest BCUT2D eigenvalue weighted by Crippen LogP contribution is -2.47. The van der Waals surface area contributed by atoms with E-state index < -0.39 is 5.97 Å². The quantitative estimate of drug-likeness (QED) is 0.746. The van der Waals surface area contributed by atoms with Gasteiger partial charge in [0.2, 0.25) is 0 Å². The van der Waals surface area contributed by atoms with Gasteiger partial charge in [-0.15, -0.1) is 0 Å². The van der Waals surface area contributed by atoms with Crippen LogP contribution in [0.5, 0.6) is 0 Å². The largest absolute Gasteiger partial charge is 0.481 e. The van der Waals surface area contributed by atoms with Gasteiger partial charge in [0.1, 0.15) is 0 Å². The van der Waals surface area contributed by atoms with Crippen molar-refractivity contribution in [2.75, 3.05) is 20.1 Å². The van der Waals surface area contributed by atoms with Crippen LogP contribution in [0.25, 0.3) is 0 Å². The highest BCUT2D eigenvalue weighted by molar-refractivity contribution is 5.76. The van der Waals surface area contributed by atoms with E-state index in [1.807, 2.05) is 0 Å². The lowest BCUT2D eigenvalue weighted by Gasteiger charge is -2.36. The SMILES string of the molecule is CN(CC1CC(O)C1)C(=O)N(CCC(=O)O)C1CC1. The van der Waals surface area contributed by atoms with E-state index in [2.05, 4.69) is 0 Å². The highest BCUT2D eigenvalue weighted by atomic mass is 16.4. The van der Waals surface area contributed by atoms with Crippen LogP contribution in [-0.4, -0.2) is 64.3 Å². The molecule has 2 fully saturated rings. The van der Waals surface area contributed by atoms with Gasteiger partial charge in [-0.1, -0.05) is 0 Å². The van der Waals surface area contributed by atoms with E-state index in [4.69, 9.17) is 5.11 Å². The van der Waals surface area contributed by atoms with Crippen molar-refractivity contribution in [2.45, 2.75) is 44.2 Å². The van der Waals surface area contributed by atoms with Gasteiger partial charge in [-0.05, 0) is 31.6 Å². The van der Waals surface area contributed by atoms with Crippen LogP contribution in [0.3, 0.4) is 0 Å². The molecule has 2 N–H and O–H groups in total. The number of carboxylic acid groups (broad SMARTS) is 1. The Kier molecular flexibility index (Phi) is 4.29. The van der Waals surface area contributed by atoms with Crippen molar-refractivity contribution >= 4 is 12.0 Å². The number of carbonyl (C=O) groups excluding carboxylic acids is 1. The first-order chi connectivity index (χ1) is 8.97. The van der Waals surface area contributed by atoms with E-state index in [0.717, 1.165) is 25.7 Å². The van der Waals surface area contributed by atoms with E-state index in [1.54, 1.807) is 16.8 Å². The van der Waals surface area contributed by atoms with Crippen LogP contribution in [0.1, 0.15) is 32.1 Å². The number of aliphatic carboxylic acids is 1. The van der Waals surface area contributed by atoms with Crippen molar-refractivity contribution in [3.8, 4) is 0 Å². The van der Waals surface area contributed by atoms with Gasteiger partial charge in [0, 0.05) is 26.2 Å². The molecular weight excluding hydrogens is 248 g/mol. The summed E-state index contributed by atoms with van der Waals surface area (Å²) in [4.78, 5) is 26.3. The fourth-order valence-corrected chi connectivity index (χ4v) is 2.57. The normalized spacial score (nSPS) is 25.6. The van der Waals surface area contributed by atoms with Crippen molar-refractivity contribution in [1.29, 1.82) is 0 Å². The van der Waals surface area contributed by atoms with Crippen molar-refractivity contribution in [3.63, 3.8) is 0 Å². The van der Waals surface area contributed by atoms with Gasteiger partial charge < -0.3 is 20.0 Å². The number of hydrogen-bond acceptors (Lipinski definition) is 3. The second-order valence-electron chi connectivity index (χ2n) is 5.72. The van der Waals surface area contributed by atoms with Crippen LogP contribution in [0.15, 0.2) is 0 Å². The van der Waals surface area contributed by atoms with Crippen molar-refractivity contribution in [2.24, 2.45) is 5.92 Å². The predicted molar refractivity (Wildman–Crippen MR) is 68.7 cm³/mol. The minimum atomic E-state index is -0.872. The Morgan fingerprint density at radius 1 is 1.26 bits per heavy atom. The third kappa shape index (κ3) is 3.83. The molecule has 0 atom stereocenters. The Morgan fingerprint density at radius 2 is 1.89 bits per heavy atom. The van der Waals surface area contributed by atoms with Crippen LogP contribution in [0.2, 0.25) is 0 Å². The topological polar surface area (TPSA) is 81.1 Å². The van der Waals surface area contributed by atoms with Gasteiger partial charge in [0.15, 0.2) is 0 Å². The minimum absolute atomic E-state index is 0.00176. The zero-order valence-corrected chi connectivity index (χ0v) is 11.3. The molecule has 2 aliphatic carbocycles. The molecule has 2 amide bonds. The Balaban J connectivity index is 1.81. The highest BCUT2D eigenvalue weighted by Crippen LogP contribution is 2.30. The predicted octanol–water partition coefficient (Wildman–Crippen LogP) is 0.748. The van der Waals surface area contributed by atoms with Crippen LogP contribution < -0.4 is 0 Å². The summed E-state index contributed by atoms with van der Waals surface area (Å²) in [6.45, 7) is 0.933. The molecule has 0 spiro atoms. The summed E-state index contributed by atoms with van der Waals surface area (Å²) in [7, 11) is 1.75. The number of amides is 2. The molecule has 6 heteroatoms. The molecule has 0 aromatic heterocycles. The molecule has 0 radical (unpaired) electrons. The van der Waals surface area contributed by atoms with Gasteiger partial charge in [0.05, 0.1) is 12.5 Å². The number of nitrogens with zero attached hydrogens (tertiary/aromatic N) is 2. The molecule has 0 bridgehead atoms. The summed E-state index contributed by atoms with van der Waals surface area (Å²) in [6.07, 6.45) is 3.26. The molecule has 0 aromatic rings. The number of rotatable bonds is 6. The second kappa shape index (κ2) is 5.77. The first-order valence-electron chi connectivity index (χ1n) is 6.89. The lowest BCUT2D eigenvalue weighted by molar-refractivity contribution is -0.137. The Bertz CT molecular complexity index is 351. The van der Waals surface area contributed by atoms with E-state index in [9.17, 15) is 14.7 Å². The maximum absolute atomic E-state index is 12.3. The fourth-order valence-electron chi connectivity index (χ4n) is 2.57. The average molecular weight is 270 g/mol. The summed E-state index contributed by atoms with van der Waals surface area (Å²) < 4.78 is 0. The highest BCUT2D eigenvalue weighted by Gasteiger charge is 2.36. The molecule has 0 saturated heterocycles. The third-order valence-electron chi connectivity index (χ3n) is 3.87. The van der Waals surface area contributed by atoms with Crippen LogP contribution >= 0.6 is 0 Å². The maximum atomic E-state index is 12.3. The van der Waals surface area contributed by atoms with Gasteiger partial charge in [0.25, 0.3) is 0 Å². The molecule has 0 unspecified atom stereocenters. The molecule has 0 aliphatic heterocycles. The standard InChI is InChI=1S/C13H22N2O4/c1-14(8-9-6-11(16)7-9)13(19)15(10-2-3-10)5-4-12(17)18/h9-11,16H,2-8H2,1H3,(H,17,18). The van der Waals surface area contributed by atoms with Gasteiger partial charge in [-0.2, -0.15) is 0 Å². The Labute approximate surface area is 113 Å². The maximum Gasteiger partial charge on any atom is 0.320 e. The van der Waals surface area contributed by atoms with E-state index >= 15 is 0 Å². The lowest BCUT2D eigenvalue weighted by atomic mass is 9.82. The van der Waals surface area contributed by atoms with Crippen molar-refractivity contribution in [1.82, 2.24) is 9.80 Å². The summed E-state index contributed by atoms with van der Waals surface area (Å²) in [5, 5.41) is 18.0. The molecule has 6 nitrogen and oxygen atoms in total. The van der Waals surface area contributed by atoms with Gasteiger partial charge in [-0.25, -0.2) is 4.79 Å². The number of aliphatic hydroxyl groups is 1. The second-order valence-corrected chi connectivity index (χ2v) is 5.72. The van der Waals surface area contributed by atoms with Crippen molar-refractivity contribution in [3.05, 3.63) is 0 Å². The molecule has 0 heterocycles. The van der Waals surface area contributed by atoms with Gasteiger partial charge in [-0.3, -0.25) is 4.79 Å². The average Bonchev–Trinajstić information content (AvgIpc) is 3.10. The zero-order chi connectivity index (χ0) is 14.0. The molecule has 19 heavy (non-hydrogen) atoms. The van der Waals surface area contributed by atoms with Crippen LogP contribution in [0, 0.1) is 5.92 Å². The zero-order valence-electron chi connectivity index (χ0n) is 11.3. The van der Waals surface area contributed by atoms with E-state index in [0.29, 0.717) is 12.5 Å². The molecule has 108 valence electrons. The monoisotopic (exact) mass is 270 g/mol. The smallest absolute Gasteiger partial charge is 0.320 e. The summed E-state index contributed by atoms with van der Waals surface area (Å²) >= 11 is 0. The molecule has 2 saturated carbocycles. The first-order valence-corrected chi connectivity index (χ1v) is 6.89. The van der Waals surface area contributed by atoms with Crippen molar-refractivity contribution < 1.29 is 19.8 Å². The Hall–Kier alpha value is -1.30. The number of carbonyl (C=O) groups is 2. The first kappa shape index (κ1) is 14.1. The van der Waals surface area contributed by atoms with Gasteiger partial charge >= 0.3 is 12.0 Å². The molecule has 2 aliphatic rings. The van der Waals surface area contributed by atoms with Crippen LogP contribution in [0.4, 0.5) is 4.79 Å². The summed E-state index contributed by atoms with van der Waals surface area (Å²) in [6, 6.07) is 0.145. The summed E-state index contributed by atoms with van der Waals surface area (Å²) in [5.41, 5.74) is 0. The molecular formula is C13H22N2O4. The number of hydrogen-bond donors (Lipinski definition) is 2. The molecule has 2 rings (SSSR count). The number of urea groups is 1. The molecule has 0 aromatic carbocycles. The fraction of sp³-hybridized carbons (Fsp3) is 0.846. The van der Waals surface area contributed by atoms with E-state index in [-0.39, 0.29) is 31.1 Å². The van der Waals surface area contributed by atoms with Crippen LogP contribution in [-0.2, 0) is 4.79 Å². The Morgan fingerprint density at radius 3 is 2.37 bits per heavy atom. The summed E-state index contributed by atoms with van der Waals surface area (Å²) in [5.74, 6) is -0.493.